The third-order valence-corrected chi connectivity index (χ3v) is 3.29. The number of halogens is 2. The third kappa shape index (κ3) is 3.47. The number of nitrogens with zero attached hydrogens (tertiary/aromatic N) is 1. The molecule has 6 heteroatoms. The largest absolute Gasteiger partial charge is 0.495 e. The summed E-state index contributed by atoms with van der Waals surface area (Å²) in [5, 5.41) is 2.73. The Hall–Kier alpha value is -1.56. The first-order valence-corrected chi connectivity index (χ1v) is 6.63. The number of hydrogen-bond acceptors (Lipinski definition) is 2. The highest BCUT2D eigenvalue weighted by molar-refractivity contribution is 9.10. The zero-order valence-corrected chi connectivity index (χ0v) is 12.0. The molecule has 0 saturated heterocycles. The Kier molecular flexibility index (Phi) is 4.42. The molecule has 1 aromatic carbocycles. The molecule has 1 aromatic rings. The Balaban J connectivity index is 2.10. The lowest BCUT2D eigenvalue weighted by Gasteiger charge is -2.25. The first-order chi connectivity index (χ1) is 9.10. The van der Waals surface area contributed by atoms with E-state index in [1.54, 1.807) is 12.1 Å². The lowest BCUT2D eigenvalue weighted by molar-refractivity contribution is 0.210. The second kappa shape index (κ2) is 6.06. The number of rotatable bonds is 2. The van der Waals surface area contributed by atoms with Crippen molar-refractivity contribution in [3.05, 3.63) is 34.6 Å². The molecule has 0 bridgehead atoms. The van der Waals surface area contributed by atoms with Gasteiger partial charge in [-0.2, -0.15) is 0 Å². The summed E-state index contributed by atoms with van der Waals surface area (Å²) in [5.74, 6) is 0.284. The highest BCUT2D eigenvalue weighted by atomic mass is 79.9. The van der Waals surface area contributed by atoms with Gasteiger partial charge in [-0.05, 0) is 30.7 Å². The topological polar surface area (TPSA) is 41.6 Å². The van der Waals surface area contributed by atoms with Gasteiger partial charge in [-0.15, -0.1) is 0 Å². The standard InChI is InChI=1S/C13H14BrFN2O2/c1-19-12-5-4-9(14)7-11(12)16-13(18)17-6-2-3-10(15)8-17/h3-5,7H,2,6,8H2,1H3,(H,16,18). The maximum Gasteiger partial charge on any atom is 0.322 e. The van der Waals surface area contributed by atoms with Gasteiger partial charge in [0.1, 0.15) is 11.6 Å². The summed E-state index contributed by atoms with van der Waals surface area (Å²) in [5.41, 5.74) is 0.553. The van der Waals surface area contributed by atoms with E-state index in [9.17, 15) is 9.18 Å². The van der Waals surface area contributed by atoms with Crippen molar-refractivity contribution in [2.75, 3.05) is 25.5 Å². The van der Waals surface area contributed by atoms with Crippen LogP contribution in [0.5, 0.6) is 5.75 Å². The van der Waals surface area contributed by atoms with E-state index in [0.717, 1.165) is 4.47 Å². The molecule has 0 spiro atoms. The molecule has 1 aliphatic heterocycles. The summed E-state index contributed by atoms with van der Waals surface area (Å²) in [6, 6.07) is 4.97. The third-order valence-electron chi connectivity index (χ3n) is 2.80. The molecule has 19 heavy (non-hydrogen) atoms. The Morgan fingerprint density at radius 3 is 3.00 bits per heavy atom. The first-order valence-electron chi connectivity index (χ1n) is 5.84. The minimum atomic E-state index is -0.334. The monoisotopic (exact) mass is 328 g/mol. The van der Waals surface area contributed by atoms with Gasteiger partial charge in [0.15, 0.2) is 0 Å². The van der Waals surface area contributed by atoms with Gasteiger partial charge in [0, 0.05) is 11.0 Å². The highest BCUT2D eigenvalue weighted by Crippen LogP contribution is 2.28. The van der Waals surface area contributed by atoms with Gasteiger partial charge in [0.25, 0.3) is 0 Å². The number of benzene rings is 1. The van der Waals surface area contributed by atoms with Gasteiger partial charge in [-0.25, -0.2) is 9.18 Å². The smallest absolute Gasteiger partial charge is 0.322 e. The first kappa shape index (κ1) is 13.9. The second-order valence-corrected chi connectivity index (χ2v) is 5.05. The average molecular weight is 329 g/mol. The SMILES string of the molecule is COc1ccc(Br)cc1NC(=O)N1CCC=C(F)C1. The predicted molar refractivity (Wildman–Crippen MR) is 75.1 cm³/mol. The fourth-order valence-corrected chi connectivity index (χ4v) is 2.21. The molecule has 1 N–H and O–H groups in total. The summed E-state index contributed by atoms with van der Waals surface area (Å²) in [7, 11) is 1.53. The lowest BCUT2D eigenvalue weighted by Crippen LogP contribution is -2.38. The number of hydrogen-bond donors (Lipinski definition) is 1. The van der Waals surface area contributed by atoms with E-state index in [4.69, 9.17) is 4.74 Å². The van der Waals surface area contributed by atoms with Crippen molar-refractivity contribution in [2.45, 2.75) is 6.42 Å². The van der Waals surface area contributed by atoms with E-state index in [1.807, 2.05) is 6.07 Å². The summed E-state index contributed by atoms with van der Waals surface area (Å²) < 4.78 is 19.1. The molecule has 0 fully saturated rings. The number of anilines is 1. The molecule has 102 valence electrons. The number of carbonyl (C=O) groups excluding carboxylic acids is 1. The number of nitrogens with one attached hydrogen (secondary N) is 1. The Morgan fingerprint density at radius 1 is 1.53 bits per heavy atom. The van der Waals surface area contributed by atoms with Crippen LogP contribution >= 0.6 is 15.9 Å². The molecule has 0 atom stereocenters. The molecular weight excluding hydrogens is 315 g/mol. The second-order valence-electron chi connectivity index (χ2n) is 4.14. The Labute approximate surface area is 119 Å². The maximum atomic E-state index is 13.1. The number of ether oxygens (including phenoxy) is 1. The van der Waals surface area contributed by atoms with Crippen LogP contribution in [0, 0.1) is 0 Å². The van der Waals surface area contributed by atoms with Gasteiger partial charge < -0.3 is 15.0 Å². The van der Waals surface area contributed by atoms with Crippen LogP contribution in [-0.4, -0.2) is 31.1 Å². The molecule has 0 saturated carbocycles. The van der Waals surface area contributed by atoms with Crippen molar-refractivity contribution in [3.63, 3.8) is 0 Å². The lowest BCUT2D eigenvalue weighted by atomic mass is 10.2. The molecule has 2 rings (SSSR count). The van der Waals surface area contributed by atoms with E-state index in [-0.39, 0.29) is 18.4 Å². The Bertz CT molecular complexity index is 519. The maximum absolute atomic E-state index is 13.1. The van der Waals surface area contributed by atoms with Gasteiger partial charge >= 0.3 is 6.03 Å². The van der Waals surface area contributed by atoms with Crippen LogP contribution in [0.2, 0.25) is 0 Å². The van der Waals surface area contributed by atoms with Crippen LogP contribution in [0.1, 0.15) is 6.42 Å². The number of urea groups is 1. The van der Waals surface area contributed by atoms with Crippen molar-refractivity contribution < 1.29 is 13.9 Å². The van der Waals surface area contributed by atoms with Crippen molar-refractivity contribution >= 4 is 27.6 Å². The van der Waals surface area contributed by atoms with E-state index < -0.39 is 0 Å². The summed E-state index contributed by atoms with van der Waals surface area (Å²) in [6.45, 7) is 0.526. The zero-order valence-electron chi connectivity index (χ0n) is 10.5. The predicted octanol–water partition coefficient (Wildman–Crippen LogP) is 3.55. The van der Waals surface area contributed by atoms with Gasteiger partial charge in [0.05, 0.1) is 19.3 Å². The molecule has 0 aliphatic carbocycles. The molecule has 4 nitrogen and oxygen atoms in total. The number of amides is 2. The van der Waals surface area contributed by atoms with Crippen LogP contribution in [0.25, 0.3) is 0 Å². The quantitative estimate of drug-likeness (QED) is 0.902. The normalized spacial score (nSPS) is 14.9. The average Bonchev–Trinajstić information content (AvgIpc) is 2.39. The van der Waals surface area contributed by atoms with E-state index in [0.29, 0.717) is 24.4 Å². The molecular formula is C13H14BrFN2O2. The van der Waals surface area contributed by atoms with Crippen molar-refractivity contribution in [2.24, 2.45) is 0 Å². The van der Waals surface area contributed by atoms with Crippen molar-refractivity contribution in [1.82, 2.24) is 4.90 Å². The minimum absolute atomic E-state index is 0.0160. The fraction of sp³-hybridized carbons (Fsp3) is 0.308. The molecule has 2 amide bonds. The molecule has 1 aliphatic rings. The van der Waals surface area contributed by atoms with Gasteiger partial charge in [-0.3, -0.25) is 0 Å². The van der Waals surface area contributed by atoms with Gasteiger partial charge in [-0.1, -0.05) is 15.9 Å². The van der Waals surface area contributed by atoms with Crippen molar-refractivity contribution in [3.8, 4) is 5.75 Å². The van der Waals surface area contributed by atoms with E-state index >= 15 is 0 Å². The summed E-state index contributed by atoms with van der Waals surface area (Å²) in [6.07, 6.45) is 2.04. The fourth-order valence-electron chi connectivity index (χ4n) is 1.85. The number of methoxy groups -OCH3 is 1. The van der Waals surface area contributed by atoms with Crippen LogP contribution in [-0.2, 0) is 0 Å². The van der Waals surface area contributed by atoms with Crippen LogP contribution in [0.15, 0.2) is 34.6 Å². The molecule has 1 heterocycles. The minimum Gasteiger partial charge on any atom is -0.495 e. The van der Waals surface area contributed by atoms with Crippen LogP contribution in [0.4, 0.5) is 14.9 Å². The van der Waals surface area contributed by atoms with Crippen LogP contribution in [0.3, 0.4) is 0 Å². The summed E-state index contributed by atoms with van der Waals surface area (Å²) in [4.78, 5) is 13.5. The van der Waals surface area contributed by atoms with Crippen LogP contribution < -0.4 is 10.1 Å². The highest BCUT2D eigenvalue weighted by Gasteiger charge is 2.19. The Morgan fingerprint density at radius 2 is 2.32 bits per heavy atom. The molecule has 0 aromatic heterocycles. The molecule has 0 unspecified atom stereocenters. The van der Waals surface area contributed by atoms with Crippen molar-refractivity contribution in [1.29, 1.82) is 0 Å². The summed E-state index contributed by atoms with van der Waals surface area (Å²) >= 11 is 3.33. The number of carbonyl (C=O) groups is 1. The van der Waals surface area contributed by atoms with E-state index in [1.165, 1.54) is 18.1 Å². The van der Waals surface area contributed by atoms with E-state index in [2.05, 4.69) is 21.2 Å². The van der Waals surface area contributed by atoms with Gasteiger partial charge in [0.2, 0.25) is 0 Å². The zero-order chi connectivity index (χ0) is 13.8. The molecule has 0 radical (unpaired) electrons.